The third kappa shape index (κ3) is 3.30. The number of hydrogen-bond acceptors (Lipinski definition) is 6. The molecule has 4 rings (SSSR count). The van der Waals surface area contributed by atoms with Crippen LogP contribution in [-0.4, -0.2) is 64.4 Å². The molecule has 1 aromatic carbocycles. The molecule has 0 saturated carbocycles. The van der Waals surface area contributed by atoms with Crippen molar-refractivity contribution in [1.29, 1.82) is 0 Å². The molecule has 7 nitrogen and oxygen atoms in total. The van der Waals surface area contributed by atoms with Crippen molar-refractivity contribution in [2.75, 3.05) is 37.7 Å². The standard InChI is InChI=1S/C19H21N5O2/c25-17-13-16(15-5-2-1-3-6-15)18(26)24(17)14-22-9-11-23(12-10-22)19-20-7-4-8-21-19/h1-8,16H,9-14H2/t16-/m1/s1. The molecular formula is C19H21N5O2. The number of likely N-dealkylation sites (tertiary alicyclic amines) is 1. The van der Waals surface area contributed by atoms with Crippen molar-refractivity contribution >= 4 is 17.8 Å². The molecule has 2 aliphatic heterocycles. The summed E-state index contributed by atoms with van der Waals surface area (Å²) in [6.45, 7) is 3.46. The minimum absolute atomic E-state index is 0.0855. The summed E-state index contributed by atoms with van der Waals surface area (Å²) in [6.07, 6.45) is 3.74. The normalized spacial score (nSPS) is 21.5. The minimum atomic E-state index is -0.345. The lowest BCUT2D eigenvalue weighted by Crippen LogP contribution is -2.51. The van der Waals surface area contributed by atoms with Crippen LogP contribution in [0.15, 0.2) is 48.8 Å². The topological polar surface area (TPSA) is 69.6 Å². The average Bonchev–Trinajstić information content (AvgIpc) is 2.98. The molecule has 2 saturated heterocycles. The van der Waals surface area contributed by atoms with Crippen LogP contribution >= 0.6 is 0 Å². The molecule has 0 aliphatic carbocycles. The Morgan fingerprint density at radius 2 is 1.62 bits per heavy atom. The van der Waals surface area contributed by atoms with Gasteiger partial charge < -0.3 is 4.90 Å². The zero-order valence-corrected chi connectivity index (χ0v) is 14.5. The zero-order chi connectivity index (χ0) is 17.9. The van der Waals surface area contributed by atoms with Crippen molar-refractivity contribution in [1.82, 2.24) is 19.8 Å². The first-order valence-electron chi connectivity index (χ1n) is 8.86. The lowest BCUT2D eigenvalue weighted by Gasteiger charge is -2.36. The van der Waals surface area contributed by atoms with E-state index in [9.17, 15) is 9.59 Å². The van der Waals surface area contributed by atoms with Gasteiger partial charge in [-0.3, -0.25) is 19.4 Å². The maximum Gasteiger partial charge on any atom is 0.238 e. The predicted molar refractivity (Wildman–Crippen MR) is 96.3 cm³/mol. The number of hydrogen-bond donors (Lipinski definition) is 0. The van der Waals surface area contributed by atoms with E-state index in [1.165, 1.54) is 4.90 Å². The first-order chi connectivity index (χ1) is 12.7. The lowest BCUT2D eigenvalue weighted by atomic mass is 9.98. The van der Waals surface area contributed by atoms with Crippen LogP contribution in [0.1, 0.15) is 17.9 Å². The molecule has 1 atom stereocenters. The molecule has 0 spiro atoms. The van der Waals surface area contributed by atoms with E-state index >= 15 is 0 Å². The van der Waals surface area contributed by atoms with E-state index in [0.717, 1.165) is 37.7 Å². The number of carbonyl (C=O) groups excluding carboxylic acids is 2. The second-order valence-corrected chi connectivity index (χ2v) is 6.62. The van der Waals surface area contributed by atoms with Crippen molar-refractivity contribution in [3.63, 3.8) is 0 Å². The van der Waals surface area contributed by atoms with Gasteiger partial charge >= 0.3 is 0 Å². The average molecular weight is 351 g/mol. The zero-order valence-electron chi connectivity index (χ0n) is 14.5. The Hall–Kier alpha value is -2.80. The van der Waals surface area contributed by atoms with Gasteiger partial charge in [0.25, 0.3) is 0 Å². The van der Waals surface area contributed by atoms with Crippen molar-refractivity contribution in [3.05, 3.63) is 54.4 Å². The van der Waals surface area contributed by atoms with Crippen LogP contribution in [-0.2, 0) is 9.59 Å². The molecule has 2 amide bonds. The fraction of sp³-hybridized carbons (Fsp3) is 0.368. The van der Waals surface area contributed by atoms with Gasteiger partial charge in [0.1, 0.15) is 0 Å². The van der Waals surface area contributed by atoms with Gasteiger partial charge in [-0.1, -0.05) is 30.3 Å². The Morgan fingerprint density at radius 1 is 0.923 bits per heavy atom. The minimum Gasteiger partial charge on any atom is -0.338 e. The Labute approximate surface area is 152 Å². The SMILES string of the molecule is O=C1C[C@H](c2ccccc2)C(=O)N1CN1CCN(c2ncccn2)CC1. The highest BCUT2D eigenvalue weighted by Crippen LogP contribution is 2.29. The first kappa shape index (κ1) is 16.7. The van der Waals surface area contributed by atoms with Crippen LogP contribution < -0.4 is 4.90 Å². The highest BCUT2D eigenvalue weighted by Gasteiger charge is 2.40. The van der Waals surface area contributed by atoms with Crippen molar-refractivity contribution in [3.8, 4) is 0 Å². The van der Waals surface area contributed by atoms with E-state index in [0.29, 0.717) is 6.67 Å². The van der Waals surface area contributed by atoms with Gasteiger partial charge in [-0.05, 0) is 11.6 Å². The monoisotopic (exact) mass is 351 g/mol. The molecule has 0 unspecified atom stereocenters. The number of nitrogens with zero attached hydrogens (tertiary/aromatic N) is 5. The fourth-order valence-corrected chi connectivity index (χ4v) is 3.52. The van der Waals surface area contributed by atoms with Gasteiger partial charge in [0.2, 0.25) is 17.8 Å². The number of piperazine rings is 1. The summed E-state index contributed by atoms with van der Waals surface area (Å²) in [5.74, 6) is 0.208. The van der Waals surface area contributed by atoms with E-state index in [2.05, 4.69) is 19.8 Å². The maximum atomic E-state index is 12.7. The second kappa shape index (κ2) is 7.21. The smallest absolute Gasteiger partial charge is 0.238 e. The summed E-state index contributed by atoms with van der Waals surface area (Å²) in [6, 6.07) is 11.4. The molecule has 0 radical (unpaired) electrons. The number of carbonyl (C=O) groups is 2. The van der Waals surface area contributed by atoms with E-state index in [-0.39, 0.29) is 24.2 Å². The largest absolute Gasteiger partial charge is 0.338 e. The highest BCUT2D eigenvalue weighted by atomic mass is 16.2. The maximum absolute atomic E-state index is 12.7. The van der Waals surface area contributed by atoms with Gasteiger partial charge in [0.05, 0.1) is 12.6 Å². The molecular weight excluding hydrogens is 330 g/mol. The first-order valence-corrected chi connectivity index (χ1v) is 8.86. The third-order valence-corrected chi connectivity index (χ3v) is 4.99. The van der Waals surface area contributed by atoms with Gasteiger partial charge in [-0.25, -0.2) is 9.97 Å². The van der Waals surface area contributed by atoms with E-state index < -0.39 is 0 Å². The summed E-state index contributed by atoms with van der Waals surface area (Å²) in [4.78, 5) is 39.3. The van der Waals surface area contributed by atoms with Crippen LogP contribution in [0.4, 0.5) is 5.95 Å². The number of rotatable bonds is 4. The quantitative estimate of drug-likeness (QED) is 0.769. The Morgan fingerprint density at radius 3 is 2.31 bits per heavy atom. The van der Waals surface area contributed by atoms with E-state index in [1.54, 1.807) is 18.5 Å². The lowest BCUT2D eigenvalue weighted by molar-refractivity contribution is -0.141. The van der Waals surface area contributed by atoms with Crippen LogP contribution in [0.5, 0.6) is 0 Å². The molecule has 134 valence electrons. The summed E-state index contributed by atoms with van der Waals surface area (Å²) >= 11 is 0. The molecule has 1 aromatic heterocycles. The molecule has 2 aliphatic rings. The van der Waals surface area contributed by atoms with Crippen LogP contribution in [0.25, 0.3) is 0 Å². The van der Waals surface area contributed by atoms with Crippen molar-refractivity contribution in [2.24, 2.45) is 0 Å². The summed E-state index contributed by atoms with van der Waals surface area (Å²) in [5, 5.41) is 0. The highest BCUT2D eigenvalue weighted by molar-refractivity contribution is 6.06. The molecule has 2 fully saturated rings. The van der Waals surface area contributed by atoms with Gasteiger partial charge in [-0.2, -0.15) is 0 Å². The Kier molecular flexibility index (Phi) is 4.62. The predicted octanol–water partition coefficient (Wildman–Crippen LogP) is 1.10. The molecule has 7 heteroatoms. The van der Waals surface area contributed by atoms with Crippen molar-refractivity contribution in [2.45, 2.75) is 12.3 Å². The molecule has 0 N–H and O–H groups in total. The summed E-state index contributed by atoms with van der Waals surface area (Å²) < 4.78 is 0. The fourth-order valence-electron chi connectivity index (χ4n) is 3.52. The van der Waals surface area contributed by atoms with Gasteiger partial charge in [0.15, 0.2) is 0 Å². The van der Waals surface area contributed by atoms with Crippen LogP contribution in [0.3, 0.4) is 0 Å². The molecule has 26 heavy (non-hydrogen) atoms. The summed E-state index contributed by atoms with van der Waals surface area (Å²) in [7, 11) is 0. The van der Waals surface area contributed by atoms with Gasteiger partial charge in [0, 0.05) is 45.0 Å². The molecule has 0 bridgehead atoms. The number of amides is 2. The number of aromatic nitrogens is 2. The number of anilines is 1. The number of benzene rings is 1. The van der Waals surface area contributed by atoms with Crippen LogP contribution in [0.2, 0.25) is 0 Å². The molecule has 2 aromatic rings. The van der Waals surface area contributed by atoms with E-state index in [4.69, 9.17) is 0 Å². The van der Waals surface area contributed by atoms with E-state index in [1.807, 2.05) is 30.3 Å². The molecule has 3 heterocycles. The summed E-state index contributed by atoms with van der Waals surface area (Å²) in [5.41, 5.74) is 0.916. The van der Waals surface area contributed by atoms with Crippen molar-refractivity contribution < 1.29 is 9.59 Å². The Bertz CT molecular complexity index is 775. The third-order valence-electron chi connectivity index (χ3n) is 4.99. The van der Waals surface area contributed by atoms with Crippen LogP contribution in [0, 0.1) is 0 Å². The Balaban J connectivity index is 1.36. The van der Waals surface area contributed by atoms with Gasteiger partial charge in [-0.15, -0.1) is 0 Å². The second-order valence-electron chi connectivity index (χ2n) is 6.62. The number of imide groups is 1.